The van der Waals surface area contributed by atoms with Gasteiger partial charge in [-0.2, -0.15) is 0 Å². The molecule has 1 fully saturated rings. The number of hydrogen-bond acceptors (Lipinski definition) is 6. The lowest BCUT2D eigenvalue weighted by atomic mass is 10.1. The van der Waals surface area contributed by atoms with E-state index < -0.39 is 18.0 Å². The standard InChI is InChI=1S/C26H28FN5O5/c1-16(33)3-6-20-15-30(26(36)37-20)19-5-8-24(22(27)14-19)29-9-11-31-23-7-4-18(28-17(2)34)13-21(23)25(35)32(31)12-10-29/h4-5,7-8,13-14,20H,3,6,9-12,15H2,1-2H3,(H,28,34)/t20-/m0/s1. The number of carbonyl (C=O) groups excluding carboxylic acids is 3. The molecule has 0 unspecified atom stereocenters. The average molecular weight is 510 g/mol. The molecular weight excluding hydrogens is 481 g/mol. The molecule has 37 heavy (non-hydrogen) atoms. The third-order valence-corrected chi connectivity index (χ3v) is 6.79. The Morgan fingerprint density at radius 3 is 2.49 bits per heavy atom. The van der Waals surface area contributed by atoms with Crippen LogP contribution in [0.3, 0.4) is 0 Å². The molecule has 0 aliphatic carbocycles. The average Bonchev–Trinajstić information content (AvgIpc) is 3.24. The van der Waals surface area contributed by atoms with Gasteiger partial charge in [-0.15, -0.1) is 0 Å². The first-order valence-corrected chi connectivity index (χ1v) is 12.2. The van der Waals surface area contributed by atoms with Crippen LogP contribution in [0, 0.1) is 5.82 Å². The minimum absolute atomic E-state index is 0.0269. The van der Waals surface area contributed by atoms with Crippen molar-refractivity contribution < 1.29 is 23.5 Å². The summed E-state index contributed by atoms with van der Waals surface area (Å²) < 4.78 is 24.1. The highest BCUT2D eigenvalue weighted by Gasteiger charge is 2.33. The highest BCUT2D eigenvalue weighted by atomic mass is 19.1. The third kappa shape index (κ3) is 4.81. The van der Waals surface area contributed by atoms with Crippen molar-refractivity contribution in [3.8, 4) is 0 Å². The highest BCUT2D eigenvalue weighted by molar-refractivity contribution is 5.92. The number of ether oxygens (including phenoxy) is 1. The Hall–Kier alpha value is -4.15. The molecule has 0 spiro atoms. The van der Waals surface area contributed by atoms with Crippen LogP contribution >= 0.6 is 0 Å². The number of nitrogens with zero attached hydrogens (tertiary/aromatic N) is 4. The second kappa shape index (κ2) is 9.72. The van der Waals surface area contributed by atoms with Crippen LogP contribution in [0.15, 0.2) is 41.2 Å². The zero-order chi connectivity index (χ0) is 26.3. The first kappa shape index (κ1) is 24.5. The van der Waals surface area contributed by atoms with Crippen molar-refractivity contribution in [1.82, 2.24) is 9.36 Å². The molecule has 194 valence electrons. The summed E-state index contributed by atoms with van der Waals surface area (Å²) in [5.74, 6) is -0.654. The van der Waals surface area contributed by atoms with Crippen molar-refractivity contribution in [3.05, 3.63) is 52.6 Å². The second-order valence-corrected chi connectivity index (χ2v) is 9.44. The van der Waals surface area contributed by atoms with E-state index in [0.29, 0.717) is 61.5 Å². The number of fused-ring (bicyclic) bond motifs is 3. The largest absolute Gasteiger partial charge is 0.444 e. The van der Waals surface area contributed by atoms with Crippen molar-refractivity contribution in [3.63, 3.8) is 0 Å². The van der Waals surface area contributed by atoms with Crippen LogP contribution in [0.1, 0.15) is 26.7 Å². The van der Waals surface area contributed by atoms with Gasteiger partial charge in [-0.3, -0.25) is 19.2 Å². The molecule has 0 saturated carbocycles. The molecule has 1 aromatic heterocycles. The summed E-state index contributed by atoms with van der Waals surface area (Å²) in [5.41, 5.74) is 1.94. The summed E-state index contributed by atoms with van der Waals surface area (Å²) in [5, 5.41) is 3.22. The lowest BCUT2D eigenvalue weighted by Crippen LogP contribution is -2.29. The van der Waals surface area contributed by atoms with E-state index in [2.05, 4.69) is 5.32 Å². The summed E-state index contributed by atoms with van der Waals surface area (Å²) in [6.45, 7) is 4.90. The van der Waals surface area contributed by atoms with Crippen LogP contribution < -0.4 is 20.7 Å². The monoisotopic (exact) mass is 509 g/mol. The van der Waals surface area contributed by atoms with Crippen LogP contribution in [-0.4, -0.2) is 52.9 Å². The SMILES string of the molecule is CC(=O)CC[C@H]1CN(c2ccc(N3CCn4c(=O)c5cc(NC(C)=O)ccc5n4CC3)c(F)c2)C(=O)O1. The maximum Gasteiger partial charge on any atom is 0.414 e. The normalized spacial score (nSPS) is 17.5. The van der Waals surface area contributed by atoms with E-state index in [0.717, 1.165) is 5.52 Å². The first-order chi connectivity index (χ1) is 17.7. The van der Waals surface area contributed by atoms with Crippen LogP contribution in [0.4, 0.5) is 26.2 Å². The van der Waals surface area contributed by atoms with E-state index in [-0.39, 0.29) is 23.8 Å². The number of nitrogens with one attached hydrogen (secondary N) is 1. The molecule has 5 rings (SSSR count). The van der Waals surface area contributed by atoms with Gasteiger partial charge in [-0.05, 0) is 49.7 Å². The Labute approximate surface area is 212 Å². The molecule has 2 aromatic carbocycles. The van der Waals surface area contributed by atoms with Crippen molar-refractivity contribution in [2.75, 3.05) is 34.8 Å². The van der Waals surface area contributed by atoms with Crippen molar-refractivity contribution in [1.29, 1.82) is 0 Å². The molecule has 11 heteroatoms. The van der Waals surface area contributed by atoms with E-state index in [1.54, 1.807) is 28.9 Å². The van der Waals surface area contributed by atoms with Gasteiger partial charge in [-0.25, -0.2) is 13.9 Å². The van der Waals surface area contributed by atoms with Gasteiger partial charge < -0.3 is 19.7 Å². The number of ketones is 1. The van der Waals surface area contributed by atoms with E-state index in [4.69, 9.17) is 4.74 Å². The van der Waals surface area contributed by atoms with Crippen LogP contribution in [-0.2, 0) is 27.4 Å². The molecule has 2 amide bonds. The molecular formula is C26H28FN5O5. The number of amides is 2. The fourth-order valence-electron chi connectivity index (χ4n) is 5.01. The Kier molecular flexibility index (Phi) is 6.45. The van der Waals surface area contributed by atoms with Gasteiger partial charge in [0.15, 0.2) is 0 Å². The number of Topliss-reactive ketones (excluding diaryl/α,β-unsaturated/α-hetero) is 1. The minimum Gasteiger partial charge on any atom is -0.444 e. The van der Waals surface area contributed by atoms with Crippen LogP contribution in [0.25, 0.3) is 10.9 Å². The number of benzene rings is 2. The Morgan fingerprint density at radius 1 is 1.03 bits per heavy atom. The Bertz CT molecular complexity index is 1460. The zero-order valence-electron chi connectivity index (χ0n) is 20.7. The number of cyclic esters (lactones) is 1. The second-order valence-electron chi connectivity index (χ2n) is 9.44. The van der Waals surface area contributed by atoms with Crippen molar-refractivity contribution in [2.45, 2.75) is 45.9 Å². The minimum atomic E-state index is -0.553. The Morgan fingerprint density at radius 2 is 1.78 bits per heavy atom. The van der Waals surface area contributed by atoms with Gasteiger partial charge in [-0.1, -0.05) is 0 Å². The lowest BCUT2D eigenvalue weighted by Gasteiger charge is -2.24. The predicted octanol–water partition coefficient (Wildman–Crippen LogP) is 3.12. The lowest BCUT2D eigenvalue weighted by molar-refractivity contribution is -0.117. The molecule has 3 aromatic rings. The number of rotatable bonds is 6. The van der Waals surface area contributed by atoms with Gasteiger partial charge in [0.1, 0.15) is 17.7 Å². The van der Waals surface area contributed by atoms with Crippen molar-refractivity contribution >= 4 is 45.7 Å². The van der Waals surface area contributed by atoms with Gasteiger partial charge >= 0.3 is 6.09 Å². The van der Waals surface area contributed by atoms with Crippen LogP contribution in [0.2, 0.25) is 0 Å². The molecule has 2 aliphatic heterocycles. The number of aromatic nitrogens is 2. The molecule has 1 N–H and O–H groups in total. The molecule has 1 saturated heterocycles. The maximum atomic E-state index is 15.3. The smallest absolute Gasteiger partial charge is 0.414 e. The van der Waals surface area contributed by atoms with Gasteiger partial charge in [0.05, 0.1) is 41.9 Å². The topological polar surface area (TPSA) is 106 Å². The number of anilines is 3. The van der Waals surface area contributed by atoms with Gasteiger partial charge in [0, 0.05) is 32.1 Å². The fourth-order valence-corrected chi connectivity index (χ4v) is 5.01. The maximum absolute atomic E-state index is 15.3. The first-order valence-electron chi connectivity index (χ1n) is 12.2. The molecule has 3 heterocycles. The van der Waals surface area contributed by atoms with E-state index >= 15 is 4.39 Å². The molecule has 2 aliphatic rings. The third-order valence-electron chi connectivity index (χ3n) is 6.79. The fraction of sp³-hybridized carbons (Fsp3) is 0.385. The van der Waals surface area contributed by atoms with Gasteiger partial charge in [0.2, 0.25) is 5.91 Å². The van der Waals surface area contributed by atoms with Crippen LogP contribution in [0.5, 0.6) is 0 Å². The molecule has 0 bridgehead atoms. The number of carbonyl (C=O) groups is 3. The number of halogens is 1. The number of hydrogen-bond donors (Lipinski definition) is 1. The molecule has 0 radical (unpaired) electrons. The Balaban J connectivity index is 1.32. The summed E-state index contributed by atoms with van der Waals surface area (Å²) in [7, 11) is 0. The summed E-state index contributed by atoms with van der Waals surface area (Å²) in [6, 6.07) is 9.89. The van der Waals surface area contributed by atoms with Gasteiger partial charge in [0.25, 0.3) is 5.56 Å². The van der Waals surface area contributed by atoms with E-state index in [9.17, 15) is 19.2 Å². The summed E-state index contributed by atoms with van der Waals surface area (Å²) in [6.07, 6.45) is -0.189. The quantitative estimate of drug-likeness (QED) is 0.548. The van der Waals surface area contributed by atoms with E-state index in [1.807, 2.05) is 15.6 Å². The summed E-state index contributed by atoms with van der Waals surface area (Å²) in [4.78, 5) is 51.3. The summed E-state index contributed by atoms with van der Waals surface area (Å²) >= 11 is 0. The zero-order valence-corrected chi connectivity index (χ0v) is 20.7. The van der Waals surface area contributed by atoms with E-state index in [1.165, 1.54) is 24.8 Å². The highest BCUT2D eigenvalue weighted by Crippen LogP contribution is 2.29. The molecule has 10 nitrogen and oxygen atoms in total. The predicted molar refractivity (Wildman–Crippen MR) is 137 cm³/mol. The molecule has 1 atom stereocenters. The van der Waals surface area contributed by atoms with Crippen molar-refractivity contribution in [2.24, 2.45) is 0 Å².